The van der Waals surface area contributed by atoms with Gasteiger partial charge in [0.25, 0.3) is 5.91 Å². The molecule has 3 unspecified atom stereocenters. The van der Waals surface area contributed by atoms with Crippen LogP contribution in [0.2, 0.25) is 0 Å². The highest BCUT2D eigenvalue weighted by Crippen LogP contribution is 2.22. The van der Waals surface area contributed by atoms with E-state index in [0.717, 1.165) is 5.56 Å². The van der Waals surface area contributed by atoms with Gasteiger partial charge in [-0.05, 0) is 52.2 Å². The fourth-order valence-electron chi connectivity index (χ4n) is 4.25. The van der Waals surface area contributed by atoms with Gasteiger partial charge in [0.15, 0.2) is 6.10 Å². The topological polar surface area (TPSA) is 153 Å². The van der Waals surface area contributed by atoms with E-state index in [1.165, 1.54) is 13.0 Å². The summed E-state index contributed by atoms with van der Waals surface area (Å²) in [5.41, 5.74) is 0.738. The molecule has 1 saturated heterocycles. The van der Waals surface area contributed by atoms with E-state index in [2.05, 4.69) is 15.6 Å². The zero-order valence-corrected chi connectivity index (χ0v) is 24.2. The molecule has 2 aromatic rings. The lowest BCUT2D eigenvalue weighted by molar-refractivity contribution is -0.158. The number of esters is 1. The molecule has 1 aliphatic heterocycles. The van der Waals surface area contributed by atoms with Crippen molar-refractivity contribution < 1.29 is 38.3 Å². The van der Waals surface area contributed by atoms with Crippen LogP contribution in [0.5, 0.6) is 0 Å². The van der Waals surface area contributed by atoms with Crippen LogP contribution in [0.25, 0.3) is 11.3 Å². The molecule has 11 nitrogen and oxygen atoms in total. The molecule has 1 aliphatic rings. The van der Waals surface area contributed by atoms with Crippen molar-refractivity contribution in [2.24, 2.45) is 5.92 Å². The Kier molecular flexibility index (Phi) is 10.6. The minimum Gasteiger partial charge on any atom is -0.506 e. The van der Waals surface area contributed by atoms with Gasteiger partial charge in [-0.25, -0.2) is 4.98 Å². The van der Waals surface area contributed by atoms with Crippen LogP contribution in [0.3, 0.4) is 0 Å². The summed E-state index contributed by atoms with van der Waals surface area (Å²) < 4.78 is 16.4. The Morgan fingerprint density at radius 1 is 1.05 bits per heavy atom. The number of ether oxygens (including phenoxy) is 1. The first-order valence-electron chi connectivity index (χ1n) is 13.6. The summed E-state index contributed by atoms with van der Waals surface area (Å²) in [5.74, 6) is -3.47. The first-order chi connectivity index (χ1) is 19.2. The maximum absolute atomic E-state index is 13.3. The van der Waals surface area contributed by atoms with Gasteiger partial charge >= 0.3 is 19.1 Å². The first kappa shape index (κ1) is 31.8. The van der Waals surface area contributed by atoms with E-state index in [-0.39, 0.29) is 18.0 Å². The van der Waals surface area contributed by atoms with Gasteiger partial charge in [-0.2, -0.15) is 0 Å². The molecular formula is C29H38BN3O8. The van der Waals surface area contributed by atoms with E-state index >= 15 is 0 Å². The predicted octanol–water partition coefficient (Wildman–Crippen LogP) is 2.46. The van der Waals surface area contributed by atoms with E-state index < -0.39 is 60.7 Å². The highest BCUT2D eigenvalue weighted by Gasteiger charge is 2.47. The monoisotopic (exact) mass is 567 g/mol. The summed E-state index contributed by atoms with van der Waals surface area (Å²) in [6, 6.07) is 12.9. The average molecular weight is 567 g/mol. The fourth-order valence-corrected chi connectivity index (χ4v) is 4.25. The minimum absolute atomic E-state index is 0.0528. The van der Waals surface area contributed by atoms with Crippen molar-refractivity contribution in [1.29, 1.82) is 0 Å². The third kappa shape index (κ3) is 9.39. The maximum atomic E-state index is 13.3. The largest absolute Gasteiger partial charge is 0.552 e. The van der Waals surface area contributed by atoms with Gasteiger partial charge < -0.3 is 29.8 Å². The van der Waals surface area contributed by atoms with Crippen LogP contribution in [-0.4, -0.2) is 70.8 Å². The Labute approximate surface area is 240 Å². The summed E-state index contributed by atoms with van der Waals surface area (Å²) in [7, 11) is -1.17. The molecule has 0 saturated carbocycles. The van der Waals surface area contributed by atoms with Crippen LogP contribution in [-0.2, 0) is 28.4 Å². The molecule has 0 radical (unpaired) electrons. The highest BCUT2D eigenvalue weighted by atomic mass is 16.7. The second-order valence-electron chi connectivity index (χ2n) is 11.4. The summed E-state index contributed by atoms with van der Waals surface area (Å²) in [4.78, 5) is 55.5. The molecule has 1 fully saturated rings. The van der Waals surface area contributed by atoms with E-state index in [1.54, 1.807) is 32.9 Å². The predicted molar refractivity (Wildman–Crippen MR) is 151 cm³/mol. The number of hydrogen-bond donors (Lipinski definition) is 3. The maximum Gasteiger partial charge on any atom is 0.552 e. The van der Waals surface area contributed by atoms with Gasteiger partial charge in [0, 0.05) is 5.56 Å². The number of benzene rings is 1. The average Bonchev–Trinajstić information content (AvgIpc) is 3.25. The smallest absolute Gasteiger partial charge is 0.506 e. The Morgan fingerprint density at radius 3 is 2.34 bits per heavy atom. The summed E-state index contributed by atoms with van der Waals surface area (Å²) in [6.07, 6.45) is -2.43. The van der Waals surface area contributed by atoms with Crippen molar-refractivity contribution in [3.8, 4) is 11.3 Å². The normalized spacial score (nSPS) is 17.4. The van der Waals surface area contributed by atoms with E-state index in [4.69, 9.17) is 14.0 Å². The van der Waals surface area contributed by atoms with Crippen molar-refractivity contribution >= 4 is 30.9 Å². The molecule has 2 amide bonds. The zero-order chi connectivity index (χ0) is 30.3. The number of aliphatic hydroxyl groups excluding tert-OH is 1. The third-order valence-electron chi connectivity index (χ3n) is 6.05. The van der Waals surface area contributed by atoms with Crippen molar-refractivity contribution in [2.75, 3.05) is 0 Å². The Morgan fingerprint density at radius 2 is 1.73 bits per heavy atom. The number of nitrogens with zero attached hydrogens (tertiary/aromatic N) is 1. The van der Waals surface area contributed by atoms with Gasteiger partial charge in [-0.15, -0.1) is 0 Å². The van der Waals surface area contributed by atoms with E-state index in [1.807, 2.05) is 44.2 Å². The quantitative estimate of drug-likeness (QED) is 0.275. The van der Waals surface area contributed by atoms with Crippen LogP contribution in [0.4, 0.5) is 0 Å². The summed E-state index contributed by atoms with van der Waals surface area (Å²) >= 11 is 0. The lowest BCUT2D eigenvalue weighted by atomic mass is 9.74. The molecule has 220 valence electrons. The van der Waals surface area contributed by atoms with Crippen molar-refractivity contribution in [3.05, 3.63) is 54.2 Å². The lowest BCUT2D eigenvalue weighted by Crippen LogP contribution is -2.57. The molecular weight excluding hydrogens is 529 g/mol. The standard InChI is InChI=1S/C29H38BN3O8/c1-17(2)15-23(30-40-22(28(38)41-30)16-24(35)39-29(4,5)6)32-27(37)25(18(3)34)33-26(36)21-14-10-13-20(31-21)19-11-8-7-9-12-19/h7-14,17-18,22-23,25,34H,15-16H2,1-6H3,(H,32,37)(H,33,36)/t18?,22-,23?,25?/m0/s1. The number of carbonyl (C=O) groups excluding carboxylic acids is 4. The molecule has 4 atom stereocenters. The minimum atomic E-state index is -1.34. The molecule has 1 aromatic carbocycles. The Bertz CT molecular complexity index is 1230. The fraction of sp³-hybridized carbons (Fsp3) is 0.483. The number of nitrogens with one attached hydrogen (secondary N) is 2. The number of hydrogen-bond acceptors (Lipinski definition) is 9. The number of aliphatic hydroxyl groups is 1. The first-order valence-corrected chi connectivity index (χ1v) is 13.6. The molecule has 0 bridgehead atoms. The number of rotatable bonds is 11. The number of amides is 2. The summed E-state index contributed by atoms with van der Waals surface area (Å²) in [5, 5.41) is 15.7. The van der Waals surface area contributed by atoms with Crippen LogP contribution in [0.15, 0.2) is 48.5 Å². The molecule has 3 N–H and O–H groups in total. The number of carbonyl (C=O) groups is 4. The second-order valence-corrected chi connectivity index (χ2v) is 11.4. The van der Waals surface area contributed by atoms with Gasteiger partial charge in [-0.3, -0.25) is 19.2 Å². The highest BCUT2D eigenvalue weighted by molar-refractivity contribution is 6.51. The van der Waals surface area contributed by atoms with Gasteiger partial charge in [0.05, 0.1) is 24.2 Å². The molecule has 0 aliphatic carbocycles. The third-order valence-corrected chi connectivity index (χ3v) is 6.05. The molecule has 0 spiro atoms. The van der Waals surface area contributed by atoms with Crippen LogP contribution in [0.1, 0.15) is 64.9 Å². The molecule has 2 heterocycles. The van der Waals surface area contributed by atoms with Gasteiger partial charge in [-0.1, -0.05) is 50.2 Å². The van der Waals surface area contributed by atoms with Crippen molar-refractivity contribution in [1.82, 2.24) is 15.6 Å². The SMILES string of the molecule is CC(C)CC(NC(=O)C(NC(=O)c1cccc(-c2ccccc2)n1)C(C)O)B1OC(=O)[C@H](CC(=O)OC(C)(C)C)O1. The number of aromatic nitrogens is 1. The molecule has 12 heteroatoms. The number of pyridine rings is 1. The molecule has 1 aromatic heterocycles. The Hall–Kier alpha value is -3.77. The van der Waals surface area contributed by atoms with Crippen molar-refractivity contribution in [2.45, 2.75) is 84.2 Å². The van der Waals surface area contributed by atoms with Crippen LogP contribution >= 0.6 is 0 Å². The van der Waals surface area contributed by atoms with Crippen molar-refractivity contribution in [3.63, 3.8) is 0 Å². The zero-order valence-electron chi connectivity index (χ0n) is 24.2. The molecule has 41 heavy (non-hydrogen) atoms. The lowest BCUT2D eigenvalue weighted by Gasteiger charge is -2.26. The van der Waals surface area contributed by atoms with Gasteiger partial charge in [0.1, 0.15) is 17.3 Å². The summed E-state index contributed by atoms with van der Waals surface area (Å²) in [6.45, 7) is 10.3. The molecule has 3 rings (SSSR count). The van der Waals surface area contributed by atoms with Crippen LogP contribution < -0.4 is 10.6 Å². The second kappa shape index (κ2) is 13.7. The Balaban J connectivity index is 1.70. The van der Waals surface area contributed by atoms with Gasteiger partial charge in [0.2, 0.25) is 5.91 Å². The van der Waals surface area contributed by atoms with E-state index in [9.17, 15) is 24.3 Å². The van der Waals surface area contributed by atoms with Crippen LogP contribution in [0, 0.1) is 5.92 Å². The van der Waals surface area contributed by atoms with E-state index in [0.29, 0.717) is 12.1 Å².